The van der Waals surface area contributed by atoms with Gasteiger partial charge in [-0.2, -0.15) is 0 Å². The van der Waals surface area contributed by atoms with E-state index in [1.165, 1.54) is 19.4 Å². The monoisotopic (exact) mass is 222 g/mol. The van der Waals surface area contributed by atoms with E-state index < -0.39 is 0 Å². The van der Waals surface area contributed by atoms with E-state index in [1.54, 1.807) is 0 Å². The number of rotatable bonds is 3. The molecule has 2 heterocycles. The van der Waals surface area contributed by atoms with E-state index in [1.807, 2.05) is 6.92 Å². The second kappa shape index (κ2) is 4.95. The molecule has 4 nitrogen and oxygen atoms in total. The molecule has 0 aromatic carbocycles. The van der Waals surface area contributed by atoms with Gasteiger partial charge in [-0.25, -0.2) is 0 Å². The van der Waals surface area contributed by atoms with Crippen LogP contribution in [0.15, 0.2) is 0 Å². The van der Waals surface area contributed by atoms with Crippen LogP contribution in [0.5, 0.6) is 0 Å². The van der Waals surface area contributed by atoms with Crippen LogP contribution in [0, 0.1) is 12.8 Å². The molecule has 1 aromatic rings. The fraction of sp³-hybridized carbons (Fsp3) is 0.833. The molecular formula is C12H22N4. The van der Waals surface area contributed by atoms with Crippen LogP contribution in [-0.2, 0) is 6.42 Å². The maximum Gasteiger partial charge on any atom is 0.133 e. The van der Waals surface area contributed by atoms with Crippen LogP contribution >= 0.6 is 0 Å². The Bertz CT molecular complexity index is 337. The predicted molar refractivity (Wildman–Crippen MR) is 64.4 cm³/mol. The zero-order valence-electron chi connectivity index (χ0n) is 10.5. The highest BCUT2D eigenvalue weighted by atomic mass is 15.3. The lowest BCUT2D eigenvalue weighted by Gasteiger charge is -2.23. The number of aryl methyl sites for hydroxylation is 1. The number of hydrogen-bond donors (Lipinski definition) is 1. The number of aromatic nitrogens is 3. The Hall–Kier alpha value is -0.900. The average Bonchev–Trinajstić information content (AvgIpc) is 2.61. The van der Waals surface area contributed by atoms with Crippen LogP contribution in [-0.4, -0.2) is 27.9 Å². The first-order valence-corrected chi connectivity index (χ1v) is 6.29. The van der Waals surface area contributed by atoms with Crippen LogP contribution in [0.2, 0.25) is 0 Å². The van der Waals surface area contributed by atoms with Crippen molar-refractivity contribution in [3.05, 3.63) is 11.6 Å². The molecular weight excluding hydrogens is 200 g/mol. The van der Waals surface area contributed by atoms with Gasteiger partial charge in [0.05, 0.1) is 0 Å². The molecule has 0 aliphatic carbocycles. The third kappa shape index (κ3) is 2.43. The van der Waals surface area contributed by atoms with Gasteiger partial charge in [0, 0.05) is 12.5 Å². The summed E-state index contributed by atoms with van der Waals surface area (Å²) < 4.78 is 2.26. The van der Waals surface area contributed by atoms with Crippen molar-refractivity contribution < 1.29 is 0 Å². The third-order valence-corrected chi connectivity index (χ3v) is 3.32. The molecule has 1 saturated heterocycles. The van der Waals surface area contributed by atoms with Gasteiger partial charge in [-0.1, -0.05) is 0 Å². The molecule has 16 heavy (non-hydrogen) atoms. The van der Waals surface area contributed by atoms with E-state index in [-0.39, 0.29) is 0 Å². The highest BCUT2D eigenvalue weighted by Crippen LogP contribution is 2.18. The quantitative estimate of drug-likeness (QED) is 0.846. The van der Waals surface area contributed by atoms with Crippen molar-refractivity contribution in [2.24, 2.45) is 5.92 Å². The molecule has 90 valence electrons. The molecule has 1 unspecified atom stereocenters. The van der Waals surface area contributed by atoms with Crippen molar-refractivity contribution in [2.75, 3.05) is 13.1 Å². The van der Waals surface area contributed by atoms with Gasteiger partial charge in [0.1, 0.15) is 11.6 Å². The van der Waals surface area contributed by atoms with Gasteiger partial charge in [0.25, 0.3) is 0 Å². The second-order valence-corrected chi connectivity index (χ2v) is 5.04. The first-order valence-electron chi connectivity index (χ1n) is 6.29. The second-order valence-electron chi connectivity index (χ2n) is 5.04. The minimum absolute atomic E-state index is 0.460. The molecule has 1 atom stereocenters. The molecule has 1 aliphatic rings. The summed E-state index contributed by atoms with van der Waals surface area (Å²) in [5, 5.41) is 12.0. The van der Waals surface area contributed by atoms with Gasteiger partial charge < -0.3 is 9.88 Å². The van der Waals surface area contributed by atoms with Crippen molar-refractivity contribution in [1.82, 2.24) is 20.1 Å². The summed E-state index contributed by atoms with van der Waals surface area (Å²) in [4.78, 5) is 0. The van der Waals surface area contributed by atoms with Crippen LogP contribution < -0.4 is 5.32 Å². The van der Waals surface area contributed by atoms with Gasteiger partial charge in [-0.15, -0.1) is 10.2 Å². The molecule has 0 saturated carbocycles. The zero-order chi connectivity index (χ0) is 11.5. The van der Waals surface area contributed by atoms with Crippen molar-refractivity contribution in [1.29, 1.82) is 0 Å². The Balaban J connectivity index is 2.08. The van der Waals surface area contributed by atoms with Crippen molar-refractivity contribution in [2.45, 2.75) is 46.1 Å². The van der Waals surface area contributed by atoms with Gasteiger partial charge in [0.15, 0.2) is 0 Å². The highest BCUT2D eigenvalue weighted by molar-refractivity contribution is 4.98. The molecule has 0 radical (unpaired) electrons. The Morgan fingerprint density at radius 3 is 2.88 bits per heavy atom. The van der Waals surface area contributed by atoms with Gasteiger partial charge in [-0.05, 0) is 52.6 Å². The van der Waals surface area contributed by atoms with Crippen molar-refractivity contribution in [3.63, 3.8) is 0 Å². The minimum Gasteiger partial charge on any atom is -0.316 e. The molecule has 1 aliphatic heterocycles. The van der Waals surface area contributed by atoms with Crippen LogP contribution in [0.25, 0.3) is 0 Å². The summed E-state index contributed by atoms with van der Waals surface area (Å²) in [6.07, 6.45) is 3.67. The highest BCUT2D eigenvalue weighted by Gasteiger charge is 2.18. The Labute approximate surface area is 97.5 Å². The fourth-order valence-corrected chi connectivity index (χ4v) is 2.58. The lowest BCUT2D eigenvalue weighted by atomic mass is 9.96. The van der Waals surface area contributed by atoms with E-state index in [4.69, 9.17) is 0 Å². The molecule has 1 fully saturated rings. The van der Waals surface area contributed by atoms with Crippen molar-refractivity contribution >= 4 is 0 Å². The zero-order valence-corrected chi connectivity index (χ0v) is 10.5. The normalized spacial score (nSPS) is 21.6. The summed E-state index contributed by atoms with van der Waals surface area (Å²) in [6, 6.07) is 0.460. The number of nitrogens with one attached hydrogen (secondary N) is 1. The Kier molecular flexibility index (Phi) is 3.59. The summed E-state index contributed by atoms with van der Waals surface area (Å²) in [7, 11) is 0. The number of nitrogens with zero attached hydrogens (tertiary/aromatic N) is 3. The van der Waals surface area contributed by atoms with Gasteiger partial charge in [-0.3, -0.25) is 0 Å². The molecule has 4 heteroatoms. The maximum absolute atomic E-state index is 4.32. The van der Waals surface area contributed by atoms with Crippen LogP contribution in [0.3, 0.4) is 0 Å². The van der Waals surface area contributed by atoms with Gasteiger partial charge in [0.2, 0.25) is 0 Å². The smallest absolute Gasteiger partial charge is 0.133 e. The SMILES string of the molecule is Cc1nnc(CC2CCCNC2)n1C(C)C. The summed E-state index contributed by atoms with van der Waals surface area (Å²) >= 11 is 0. The summed E-state index contributed by atoms with van der Waals surface area (Å²) in [5.74, 6) is 2.92. The summed E-state index contributed by atoms with van der Waals surface area (Å²) in [6.45, 7) is 8.73. The predicted octanol–water partition coefficient (Wildman–Crippen LogP) is 1.71. The van der Waals surface area contributed by atoms with Gasteiger partial charge >= 0.3 is 0 Å². The first-order chi connectivity index (χ1) is 7.68. The number of piperidine rings is 1. The van der Waals surface area contributed by atoms with E-state index in [0.717, 1.165) is 30.5 Å². The first kappa shape index (κ1) is 11.6. The number of hydrogen-bond acceptors (Lipinski definition) is 3. The summed E-state index contributed by atoms with van der Waals surface area (Å²) in [5.41, 5.74) is 0. The fourth-order valence-electron chi connectivity index (χ4n) is 2.58. The van der Waals surface area contributed by atoms with E-state index in [0.29, 0.717) is 6.04 Å². The lowest BCUT2D eigenvalue weighted by molar-refractivity contribution is 0.363. The van der Waals surface area contributed by atoms with E-state index >= 15 is 0 Å². The minimum atomic E-state index is 0.460. The molecule has 0 spiro atoms. The molecule has 2 rings (SSSR count). The molecule has 0 amide bonds. The average molecular weight is 222 g/mol. The largest absolute Gasteiger partial charge is 0.316 e. The third-order valence-electron chi connectivity index (χ3n) is 3.32. The van der Waals surface area contributed by atoms with Crippen LogP contribution in [0.1, 0.15) is 44.4 Å². The van der Waals surface area contributed by atoms with Crippen LogP contribution in [0.4, 0.5) is 0 Å². The molecule has 0 bridgehead atoms. The lowest BCUT2D eigenvalue weighted by Crippen LogP contribution is -2.31. The Morgan fingerprint density at radius 2 is 2.25 bits per heavy atom. The molecule has 1 aromatic heterocycles. The Morgan fingerprint density at radius 1 is 1.44 bits per heavy atom. The van der Waals surface area contributed by atoms with E-state index in [2.05, 4.69) is 33.9 Å². The standard InChI is InChI=1S/C12H22N4/c1-9(2)16-10(3)14-15-12(16)7-11-5-4-6-13-8-11/h9,11,13H,4-8H2,1-3H3. The van der Waals surface area contributed by atoms with Crippen molar-refractivity contribution in [3.8, 4) is 0 Å². The topological polar surface area (TPSA) is 42.7 Å². The molecule has 1 N–H and O–H groups in total. The van der Waals surface area contributed by atoms with E-state index in [9.17, 15) is 0 Å². The maximum atomic E-state index is 4.32.